The monoisotopic (exact) mass is 395 g/mol. The van der Waals surface area contributed by atoms with Crippen LogP contribution in [0.4, 0.5) is 14.5 Å². The topological polar surface area (TPSA) is 92.5 Å². The van der Waals surface area contributed by atoms with Gasteiger partial charge in [0, 0.05) is 13.1 Å². The molecule has 1 aliphatic heterocycles. The average Bonchev–Trinajstić information content (AvgIpc) is 3.12. The lowest BCUT2D eigenvalue weighted by Crippen LogP contribution is -2.30. The highest BCUT2D eigenvalue weighted by atomic mass is 32.2. The fourth-order valence-electron chi connectivity index (χ4n) is 3.02. The average molecular weight is 395 g/mol. The molecule has 0 aliphatic carbocycles. The third-order valence-corrected chi connectivity index (χ3v) is 5.87. The predicted molar refractivity (Wildman–Crippen MR) is 96.7 cm³/mol. The number of para-hydroxylation sites is 1. The Kier molecular flexibility index (Phi) is 5.43. The Hall–Kier alpha value is -2.52. The molecule has 1 heterocycles. The number of carbonyl (C=O) groups excluding carboxylic acids is 1. The molecule has 1 atom stereocenters. The molecule has 0 aromatic heterocycles. The van der Waals surface area contributed by atoms with E-state index in [2.05, 4.69) is 4.72 Å². The van der Waals surface area contributed by atoms with Crippen molar-refractivity contribution < 1.29 is 22.0 Å². The van der Waals surface area contributed by atoms with E-state index >= 15 is 0 Å². The zero-order valence-corrected chi connectivity index (χ0v) is 15.2. The molecule has 0 spiro atoms. The van der Waals surface area contributed by atoms with Crippen LogP contribution < -0.4 is 10.5 Å². The van der Waals surface area contributed by atoms with E-state index in [9.17, 15) is 22.0 Å². The molecule has 3 N–H and O–H groups in total. The molecular formula is C18H19F2N3O3S. The zero-order valence-electron chi connectivity index (χ0n) is 14.4. The quantitative estimate of drug-likeness (QED) is 0.812. The van der Waals surface area contributed by atoms with Crippen molar-refractivity contribution >= 4 is 21.6 Å². The van der Waals surface area contributed by atoms with Crippen LogP contribution in [-0.4, -0.2) is 38.9 Å². The first-order valence-corrected chi connectivity index (χ1v) is 9.86. The number of likely N-dealkylation sites (tertiary alicyclic amines) is 1. The van der Waals surface area contributed by atoms with Crippen molar-refractivity contribution in [2.75, 3.05) is 24.4 Å². The molecule has 144 valence electrons. The largest absolute Gasteiger partial charge is 0.338 e. The van der Waals surface area contributed by atoms with Crippen molar-refractivity contribution in [3.05, 3.63) is 59.7 Å². The van der Waals surface area contributed by atoms with E-state index in [0.717, 1.165) is 18.6 Å². The first-order chi connectivity index (χ1) is 12.8. The first-order valence-electron chi connectivity index (χ1n) is 8.38. The summed E-state index contributed by atoms with van der Waals surface area (Å²) < 4.78 is 54.5. The van der Waals surface area contributed by atoms with Gasteiger partial charge in [-0.1, -0.05) is 12.1 Å². The summed E-state index contributed by atoms with van der Waals surface area (Å²) in [5.74, 6) is -2.10. The van der Waals surface area contributed by atoms with Crippen LogP contribution >= 0.6 is 0 Å². The third-order valence-electron chi connectivity index (χ3n) is 4.49. The number of nitrogens with two attached hydrogens (primary N) is 1. The van der Waals surface area contributed by atoms with E-state index in [1.807, 2.05) is 0 Å². The van der Waals surface area contributed by atoms with Gasteiger partial charge in [0.2, 0.25) is 0 Å². The van der Waals surface area contributed by atoms with Crippen LogP contribution in [0.2, 0.25) is 0 Å². The maximum atomic E-state index is 13.9. The molecule has 1 fully saturated rings. The van der Waals surface area contributed by atoms with Crippen LogP contribution in [-0.2, 0) is 10.0 Å². The number of nitrogens with one attached hydrogen (secondary N) is 1. The Morgan fingerprint density at radius 1 is 1.22 bits per heavy atom. The number of sulfonamides is 1. The van der Waals surface area contributed by atoms with E-state index in [4.69, 9.17) is 5.73 Å². The highest BCUT2D eigenvalue weighted by molar-refractivity contribution is 7.92. The molecule has 9 heteroatoms. The minimum Gasteiger partial charge on any atom is -0.338 e. The summed E-state index contributed by atoms with van der Waals surface area (Å²) in [6.07, 6.45) is 0.782. The molecule has 27 heavy (non-hydrogen) atoms. The van der Waals surface area contributed by atoms with Crippen LogP contribution in [0.1, 0.15) is 16.8 Å². The Morgan fingerprint density at radius 3 is 2.67 bits per heavy atom. The number of hydrogen-bond donors (Lipinski definition) is 2. The highest BCUT2D eigenvalue weighted by Gasteiger charge is 2.28. The van der Waals surface area contributed by atoms with E-state index in [1.54, 1.807) is 17.0 Å². The van der Waals surface area contributed by atoms with Gasteiger partial charge in [-0.2, -0.15) is 0 Å². The number of anilines is 1. The molecule has 1 saturated heterocycles. The molecule has 2 aromatic rings. The van der Waals surface area contributed by atoms with Crippen molar-refractivity contribution in [2.24, 2.45) is 11.7 Å². The second-order valence-electron chi connectivity index (χ2n) is 6.37. The third kappa shape index (κ3) is 4.09. The maximum absolute atomic E-state index is 13.9. The summed E-state index contributed by atoms with van der Waals surface area (Å²) in [5.41, 5.74) is 5.78. The van der Waals surface area contributed by atoms with Gasteiger partial charge in [-0.15, -0.1) is 0 Å². The zero-order chi connectivity index (χ0) is 19.6. The van der Waals surface area contributed by atoms with Gasteiger partial charge in [0.05, 0.1) is 11.3 Å². The van der Waals surface area contributed by atoms with Gasteiger partial charge in [0.25, 0.3) is 15.9 Å². The molecule has 2 aromatic carbocycles. The number of benzene rings is 2. The van der Waals surface area contributed by atoms with Crippen LogP contribution in [0.25, 0.3) is 0 Å². The van der Waals surface area contributed by atoms with Gasteiger partial charge in [0.15, 0.2) is 0 Å². The van der Waals surface area contributed by atoms with E-state index in [0.29, 0.717) is 25.7 Å². The van der Waals surface area contributed by atoms with Crippen molar-refractivity contribution in [2.45, 2.75) is 11.3 Å². The van der Waals surface area contributed by atoms with Gasteiger partial charge in [0.1, 0.15) is 16.5 Å². The molecule has 1 unspecified atom stereocenters. The van der Waals surface area contributed by atoms with E-state index in [1.165, 1.54) is 12.1 Å². The molecule has 6 nitrogen and oxygen atoms in total. The molecule has 1 amide bonds. The lowest BCUT2D eigenvalue weighted by molar-refractivity contribution is 0.0788. The molecule has 3 rings (SSSR count). The van der Waals surface area contributed by atoms with Gasteiger partial charge >= 0.3 is 0 Å². The van der Waals surface area contributed by atoms with Gasteiger partial charge in [-0.25, -0.2) is 17.2 Å². The van der Waals surface area contributed by atoms with Gasteiger partial charge in [-0.3, -0.25) is 9.52 Å². The number of halogens is 2. The minimum absolute atomic E-state index is 0.00218. The molecule has 1 aliphatic rings. The first kappa shape index (κ1) is 19.2. The Bertz CT molecular complexity index is 966. The summed E-state index contributed by atoms with van der Waals surface area (Å²) >= 11 is 0. The van der Waals surface area contributed by atoms with Crippen LogP contribution in [0, 0.1) is 17.6 Å². The summed E-state index contributed by atoms with van der Waals surface area (Å²) in [6, 6.07) is 8.18. The summed E-state index contributed by atoms with van der Waals surface area (Å²) in [6.45, 7) is 1.49. The smallest absolute Gasteiger partial charge is 0.264 e. The number of carbonyl (C=O) groups is 1. The predicted octanol–water partition coefficient (Wildman–Crippen LogP) is 2.19. The van der Waals surface area contributed by atoms with Crippen molar-refractivity contribution in [1.82, 2.24) is 4.90 Å². The summed E-state index contributed by atoms with van der Waals surface area (Å²) in [7, 11) is -4.42. The van der Waals surface area contributed by atoms with Crippen LogP contribution in [0.5, 0.6) is 0 Å². The second kappa shape index (κ2) is 7.61. The van der Waals surface area contributed by atoms with Crippen molar-refractivity contribution in [3.8, 4) is 0 Å². The second-order valence-corrected chi connectivity index (χ2v) is 8.02. The fourth-order valence-corrected chi connectivity index (χ4v) is 4.19. The summed E-state index contributed by atoms with van der Waals surface area (Å²) in [4.78, 5) is 13.6. The van der Waals surface area contributed by atoms with E-state index < -0.39 is 26.6 Å². The number of nitrogens with zero attached hydrogens (tertiary/aromatic N) is 1. The minimum atomic E-state index is -4.42. The highest BCUT2D eigenvalue weighted by Crippen LogP contribution is 2.25. The van der Waals surface area contributed by atoms with Crippen LogP contribution in [0.15, 0.2) is 47.4 Å². The number of hydrogen-bond acceptors (Lipinski definition) is 4. The standard InChI is InChI=1S/C18H19F2N3O3S/c19-13-5-6-15(20)17(9-13)27(25,26)22-16-4-2-1-3-14(16)18(24)23-8-7-12(10-21)11-23/h1-6,9,12,22H,7-8,10-11,21H2. The summed E-state index contributed by atoms with van der Waals surface area (Å²) in [5, 5.41) is 0. The van der Waals surface area contributed by atoms with Crippen LogP contribution in [0.3, 0.4) is 0 Å². The van der Waals surface area contributed by atoms with Gasteiger partial charge < -0.3 is 10.6 Å². The van der Waals surface area contributed by atoms with Gasteiger partial charge in [-0.05, 0) is 49.2 Å². The molecule has 0 bridgehead atoms. The Labute approximate surface area is 156 Å². The lowest BCUT2D eigenvalue weighted by atomic mass is 10.1. The number of amides is 1. The van der Waals surface area contributed by atoms with E-state index in [-0.39, 0.29) is 23.1 Å². The fraction of sp³-hybridized carbons (Fsp3) is 0.278. The van der Waals surface area contributed by atoms with Crippen molar-refractivity contribution in [3.63, 3.8) is 0 Å². The number of rotatable bonds is 5. The van der Waals surface area contributed by atoms with Crippen molar-refractivity contribution in [1.29, 1.82) is 0 Å². The maximum Gasteiger partial charge on any atom is 0.264 e. The molecule has 0 saturated carbocycles. The normalized spacial score (nSPS) is 17.1. The molecular weight excluding hydrogens is 376 g/mol. The SMILES string of the molecule is NCC1CCN(C(=O)c2ccccc2NS(=O)(=O)c2cc(F)ccc2F)C1. The Morgan fingerprint density at radius 2 is 1.96 bits per heavy atom. The lowest BCUT2D eigenvalue weighted by Gasteiger charge is -2.19. The molecule has 0 radical (unpaired) electrons. The Balaban J connectivity index is 1.90.